The lowest BCUT2D eigenvalue weighted by molar-refractivity contribution is -0.121. The predicted octanol–water partition coefficient (Wildman–Crippen LogP) is 3.24. The Morgan fingerprint density at radius 3 is 2.41 bits per heavy atom. The Morgan fingerprint density at radius 2 is 1.88 bits per heavy atom. The van der Waals surface area contributed by atoms with Gasteiger partial charge in [-0.2, -0.15) is 0 Å². The number of hydrogen-bond acceptors (Lipinski definition) is 2. The SMILES string of the molecule is CNC(C)(C)C(=O)Nc1c(Cl)ccc(C)c1Cl. The van der Waals surface area contributed by atoms with Gasteiger partial charge in [0, 0.05) is 0 Å². The molecule has 0 radical (unpaired) electrons. The van der Waals surface area contributed by atoms with E-state index in [0.29, 0.717) is 15.7 Å². The molecule has 1 aromatic rings. The first-order valence-electron chi connectivity index (χ1n) is 5.24. The molecule has 0 spiro atoms. The molecule has 0 aliphatic rings. The third-order valence-electron chi connectivity index (χ3n) is 2.72. The maximum atomic E-state index is 12.0. The summed E-state index contributed by atoms with van der Waals surface area (Å²) in [5.41, 5.74) is 0.645. The number of carbonyl (C=O) groups is 1. The lowest BCUT2D eigenvalue weighted by atomic mass is 10.0. The molecule has 94 valence electrons. The molecule has 0 aromatic heterocycles. The highest BCUT2D eigenvalue weighted by Gasteiger charge is 2.26. The van der Waals surface area contributed by atoms with Crippen LogP contribution >= 0.6 is 23.2 Å². The number of hydrogen-bond donors (Lipinski definition) is 2. The fourth-order valence-corrected chi connectivity index (χ4v) is 1.62. The zero-order valence-corrected chi connectivity index (χ0v) is 11.8. The van der Waals surface area contributed by atoms with Gasteiger partial charge in [-0.1, -0.05) is 29.3 Å². The van der Waals surface area contributed by atoms with Crippen LogP contribution in [-0.2, 0) is 4.79 Å². The molecule has 0 atom stereocenters. The van der Waals surface area contributed by atoms with Crippen LogP contribution in [-0.4, -0.2) is 18.5 Å². The van der Waals surface area contributed by atoms with Gasteiger partial charge >= 0.3 is 0 Å². The van der Waals surface area contributed by atoms with E-state index in [1.807, 2.05) is 13.0 Å². The summed E-state index contributed by atoms with van der Waals surface area (Å²) in [5.74, 6) is -0.186. The van der Waals surface area contributed by atoms with Crippen LogP contribution in [0.25, 0.3) is 0 Å². The van der Waals surface area contributed by atoms with Crippen LogP contribution in [0.5, 0.6) is 0 Å². The van der Waals surface area contributed by atoms with E-state index in [0.717, 1.165) is 5.56 Å². The Bertz CT molecular complexity index is 444. The smallest absolute Gasteiger partial charge is 0.244 e. The molecule has 2 N–H and O–H groups in total. The monoisotopic (exact) mass is 274 g/mol. The van der Waals surface area contributed by atoms with Crippen LogP contribution in [0, 0.1) is 6.92 Å². The van der Waals surface area contributed by atoms with E-state index in [9.17, 15) is 4.79 Å². The Kier molecular flexibility index (Phi) is 4.42. The van der Waals surface area contributed by atoms with E-state index in [1.165, 1.54) is 0 Å². The maximum Gasteiger partial charge on any atom is 0.244 e. The lowest BCUT2D eigenvalue weighted by Gasteiger charge is -2.23. The minimum Gasteiger partial charge on any atom is -0.322 e. The number of anilines is 1. The molecule has 0 aliphatic carbocycles. The van der Waals surface area contributed by atoms with Crippen LogP contribution in [0.1, 0.15) is 19.4 Å². The van der Waals surface area contributed by atoms with Gasteiger partial charge in [0.15, 0.2) is 0 Å². The van der Waals surface area contributed by atoms with Crippen molar-refractivity contribution < 1.29 is 4.79 Å². The minimum atomic E-state index is -0.684. The highest BCUT2D eigenvalue weighted by molar-refractivity contribution is 6.40. The van der Waals surface area contributed by atoms with Gasteiger partial charge in [-0.3, -0.25) is 4.79 Å². The summed E-state index contributed by atoms with van der Waals surface area (Å²) in [6.45, 7) is 5.41. The average molecular weight is 275 g/mol. The number of likely N-dealkylation sites (N-methyl/N-ethyl adjacent to an activating group) is 1. The predicted molar refractivity (Wildman–Crippen MR) is 73.0 cm³/mol. The summed E-state index contributed by atoms with van der Waals surface area (Å²) >= 11 is 12.1. The van der Waals surface area contributed by atoms with Crippen molar-refractivity contribution in [1.29, 1.82) is 0 Å². The quantitative estimate of drug-likeness (QED) is 0.889. The normalized spacial score (nSPS) is 11.4. The Balaban J connectivity index is 3.04. The Morgan fingerprint density at radius 1 is 1.29 bits per heavy atom. The van der Waals surface area contributed by atoms with Crippen molar-refractivity contribution in [2.24, 2.45) is 0 Å². The Labute approximate surface area is 111 Å². The number of carbonyl (C=O) groups excluding carboxylic acids is 1. The molecule has 1 aromatic carbocycles. The second kappa shape index (κ2) is 5.25. The molecule has 17 heavy (non-hydrogen) atoms. The summed E-state index contributed by atoms with van der Waals surface area (Å²) in [6.07, 6.45) is 0. The number of benzene rings is 1. The standard InChI is InChI=1S/C12H16Cl2N2O/c1-7-5-6-8(13)10(9(7)14)16-11(17)12(2,3)15-4/h5-6,15H,1-4H3,(H,16,17). The maximum absolute atomic E-state index is 12.0. The van der Waals surface area contributed by atoms with Crippen molar-refractivity contribution in [1.82, 2.24) is 5.32 Å². The largest absolute Gasteiger partial charge is 0.322 e. The number of amides is 1. The van der Waals surface area contributed by atoms with Gasteiger partial charge < -0.3 is 10.6 Å². The summed E-state index contributed by atoms with van der Waals surface area (Å²) < 4.78 is 0. The molecular weight excluding hydrogens is 259 g/mol. The molecule has 3 nitrogen and oxygen atoms in total. The zero-order chi connectivity index (χ0) is 13.2. The van der Waals surface area contributed by atoms with Gasteiger partial charge in [-0.05, 0) is 39.4 Å². The summed E-state index contributed by atoms with van der Waals surface area (Å²) in [5, 5.41) is 6.56. The topological polar surface area (TPSA) is 41.1 Å². The van der Waals surface area contributed by atoms with Crippen LogP contribution in [0.2, 0.25) is 10.0 Å². The third-order valence-corrected chi connectivity index (χ3v) is 3.52. The molecule has 0 aliphatic heterocycles. The minimum absolute atomic E-state index is 0.186. The highest BCUT2D eigenvalue weighted by atomic mass is 35.5. The van der Waals surface area contributed by atoms with E-state index in [-0.39, 0.29) is 5.91 Å². The Hall–Kier alpha value is -0.770. The zero-order valence-electron chi connectivity index (χ0n) is 10.3. The number of rotatable bonds is 3. The van der Waals surface area contributed by atoms with Crippen LogP contribution in [0.3, 0.4) is 0 Å². The van der Waals surface area contributed by atoms with Gasteiger partial charge in [0.1, 0.15) is 0 Å². The molecule has 0 saturated carbocycles. The van der Waals surface area contributed by atoms with Crippen LogP contribution < -0.4 is 10.6 Å². The lowest BCUT2D eigenvalue weighted by Crippen LogP contribution is -2.48. The molecule has 5 heteroatoms. The van der Waals surface area contributed by atoms with Crippen LogP contribution in [0.15, 0.2) is 12.1 Å². The van der Waals surface area contributed by atoms with Crippen molar-refractivity contribution in [2.75, 3.05) is 12.4 Å². The van der Waals surface area contributed by atoms with Gasteiger partial charge in [0.2, 0.25) is 5.91 Å². The first-order chi connectivity index (χ1) is 7.79. The van der Waals surface area contributed by atoms with Gasteiger partial charge in [0.05, 0.1) is 21.3 Å². The van der Waals surface area contributed by atoms with E-state index in [2.05, 4.69) is 10.6 Å². The van der Waals surface area contributed by atoms with Crippen molar-refractivity contribution in [2.45, 2.75) is 26.3 Å². The molecule has 0 heterocycles. The van der Waals surface area contributed by atoms with Crippen molar-refractivity contribution in [3.8, 4) is 0 Å². The van der Waals surface area contributed by atoms with Crippen molar-refractivity contribution >= 4 is 34.8 Å². The van der Waals surface area contributed by atoms with E-state index in [1.54, 1.807) is 27.0 Å². The van der Waals surface area contributed by atoms with Gasteiger partial charge in [-0.15, -0.1) is 0 Å². The first-order valence-corrected chi connectivity index (χ1v) is 6.00. The van der Waals surface area contributed by atoms with E-state index < -0.39 is 5.54 Å². The van der Waals surface area contributed by atoms with Crippen molar-refractivity contribution in [3.63, 3.8) is 0 Å². The summed E-state index contributed by atoms with van der Waals surface area (Å²) in [7, 11) is 1.72. The number of aryl methyl sites for hydroxylation is 1. The van der Waals surface area contributed by atoms with Crippen molar-refractivity contribution in [3.05, 3.63) is 27.7 Å². The fourth-order valence-electron chi connectivity index (χ4n) is 1.15. The number of nitrogens with one attached hydrogen (secondary N) is 2. The van der Waals surface area contributed by atoms with Gasteiger partial charge in [0.25, 0.3) is 0 Å². The number of halogens is 2. The summed E-state index contributed by atoms with van der Waals surface area (Å²) in [6, 6.07) is 3.52. The third kappa shape index (κ3) is 3.12. The van der Waals surface area contributed by atoms with Gasteiger partial charge in [-0.25, -0.2) is 0 Å². The fraction of sp³-hybridized carbons (Fsp3) is 0.417. The van der Waals surface area contributed by atoms with E-state index >= 15 is 0 Å². The average Bonchev–Trinajstić information content (AvgIpc) is 2.29. The van der Waals surface area contributed by atoms with Crippen LogP contribution in [0.4, 0.5) is 5.69 Å². The molecule has 1 rings (SSSR count). The molecule has 0 fully saturated rings. The first kappa shape index (κ1) is 14.3. The molecule has 0 saturated heterocycles. The highest BCUT2D eigenvalue weighted by Crippen LogP contribution is 2.33. The molecule has 0 bridgehead atoms. The second-order valence-electron chi connectivity index (χ2n) is 4.38. The van der Waals surface area contributed by atoms with E-state index in [4.69, 9.17) is 23.2 Å². The second-order valence-corrected chi connectivity index (χ2v) is 5.17. The summed E-state index contributed by atoms with van der Waals surface area (Å²) in [4.78, 5) is 12.0. The molecular formula is C12H16Cl2N2O. The molecule has 1 amide bonds. The molecule has 0 unspecified atom stereocenters.